The van der Waals surface area contributed by atoms with Crippen molar-refractivity contribution in [1.29, 1.82) is 0 Å². The van der Waals surface area contributed by atoms with E-state index < -0.39 is 11.7 Å². The van der Waals surface area contributed by atoms with E-state index >= 15 is 0 Å². The van der Waals surface area contributed by atoms with E-state index in [1.54, 1.807) is 27.8 Å². The smallest absolute Gasteiger partial charge is 0.416 e. The van der Waals surface area contributed by atoms with Crippen LogP contribution in [-0.4, -0.2) is 23.7 Å². The number of anilines is 1. The number of hydrogen-bond donors (Lipinski definition) is 0. The maximum Gasteiger partial charge on any atom is 0.416 e. The lowest BCUT2D eigenvalue weighted by Crippen LogP contribution is -2.33. The van der Waals surface area contributed by atoms with Gasteiger partial charge < -0.3 is 9.15 Å². The first-order chi connectivity index (χ1) is 6.40. The molecule has 1 heterocycles. The molecule has 5 heteroatoms. The summed E-state index contributed by atoms with van der Waals surface area (Å²) in [4.78, 5) is 16.4. The fourth-order valence-corrected chi connectivity index (χ4v) is 0.795. The Kier molecular flexibility index (Phi) is 2.78. The van der Waals surface area contributed by atoms with Crippen molar-refractivity contribution in [2.75, 3.05) is 11.9 Å². The lowest BCUT2D eigenvalue weighted by Gasteiger charge is -2.22. The van der Waals surface area contributed by atoms with Crippen LogP contribution >= 0.6 is 0 Å². The van der Waals surface area contributed by atoms with Gasteiger partial charge in [-0.25, -0.2) is 14.7 Å². The van der Waals surface area contributed by atoms with Crippen molar-refractivity contribution in [3.8, 4) is 0 Å². The van der Waals surface area contributed by atoms with E-state index in [1.165, 1.54) is 17.5 Å². The van der Waals surface area contributed by atoms with Crippen LogP contribution in [0.5, 0.6) is 0 Å². The first-order valence-corrected chi connectivity index (χ1v) is 4.25. The summed E-state index contributed by atoms with van der Waals surface area (Å²) in [6, 6.07) is 0. The average molecular weight is 198 g/mol. The topological polar surface area (TPSA) is 55.6 Å². The van der Waals surface area contributed by atoms with Gasteiger partial charge in [0.15, 0.2) is 6.39 Å². The van der Waals surface area contributed by atoms with Crippen LogP contribution in [0, 0.1) is 0 Å². The zero-order valence-electron chi connectivity index (χ0n) is 8.77. The van der Waals surface area contributed by atoms with Crippen molar-refractivity contribution < 1.29 is 13.9 Å². The summed E-state index contributed by atoms with van der Waals surface area (Å²) in [7, 11) is 1.56. The van der Waals surface area contributed by atoms with Crippen LogP contribution in [0.3, 0.4) is 0 Å². The van der Waals surface area contributed by atoms with Crippen molar-refractivity contribution >= 4 is 12.0 Å². The van der Waals surface area contributed by atoms with Gasteiger partial charge in [-0.1, -0.05) is 0 Å². The predicted molar refractivity (Wildman–Crippen MR) is 51.1 cm³/mol. The van der Waals surface area contributed by atoms with Gasteiger partial charge in [0.25, 0.3) is 0 Å². The Bertz CT molecular complexity index is 300. The largest absolute Gasteiger partial charge is 0.443 e. The van der Waals surface area contributed by atoms with Gasteiger partial charge in [-0.3, -0.25) is 0 Å². The fraction of sp³-hybridized carbons (Fsp3) is 0.556. The molecule has 0 spiro atoms. The lowest BCUT2D eigenvalue weighted by molar-refractivity contribution is 0.0584. The van der Waals surface area contributed by atoms with E-state index in [1.807, 2.05) is 0 Å². The number of hydrogen-bond acceptors (Lipinski definition) is 4. The number of carbonyl (C=O) groups is 1. The molecule has 0 bridgehead atoms. The quantitative estimate of drug-likeness (QED) is 0.693. The third-order valence-corrected chi connectivity index (χ3v) is 1.42. The molecule has 0 N–H and O–H groups in total. The average Bonchev–Trinajstić information content (AvgIpc) is 2.51. The standard InChI is InChI=1S/C9H14N2O3/c1-9(2,3)14-8(12)11(4)7-5-10-6-13-7/h5-6H,1-4H3. The van der Waals surface area contributed by atoms with Crippen LogP contribution < -0.4 is 4.90 Å². The summed E-state index contributed by atoms with van der Waals surface area (Å²) in [5.41, 5.74) is -0.509. The molecular weight excluding hydrogens is 184 g/mol. The van der Waals surface area contributed by atoms with Gasteiger partial charge in [-0.05, 0) is 20.8 Å². The molecule has 0 atom stereocenters. The van der Waals surface area contributed by atoms with E-state index in [-0.39, 0.29) is 0 Å². The van der Waals surface area contributed by atoms with Gasteiger partial charge in [0.2, 0.25) is 5.88 Å². The zero-order valence-corrected chi connectivity index (χ0v) is 8.77. The molecule has 1 rings (SSSR count). The zero-order chi connectivity index (χ0) is 10.8. The van der Waals surface area contributed by atoms with Crippen molar-refractivity contribution in [1.82, 2.24) is 4.98 Å². The summed E-state index contributed by atoms with van der Waals surface area (Å²) in [5.74, 6) is 0.360. The van der Waals surface area contributed by atoms with Crippen molar-refractivity contribution in [2.24, 2.45) is 0 Å². The van der Waals surface area contributed by atoms with Crippen molar-refractivity contribution in [3.63, 3.8) is 0 Å². The Morgan fingerprint density at radius 2 is 2.21 bits per heavy atom. The number of carbonyl (C=O) groups excluding carboxylic acids is 1. The van der Waals surface area contributed by atoms with Gasteiger partial charge in [-0.2, -0.15) is 0 Å². The van der Waals surface area contributed by atoms with Gasteiger partial charge in [0.05, 0.1) is 6.20 Å². The number of oxazole rings is 1. The second-order valence-electron chi connectivity index (χ2n) is 3.88. The molecule has 0 saturated carbocycles. The summed E-state index contributed by atoms with van der Waals surface area (Å²) < 4.78 is 10.1. The second-order valence-corrected chi connectivity index (χ2v) is 3.88. The second kappa shape index (κ2) is 3.69. The lowest BCUT2D eigenvalue weighted by atomic mass is 10.2. The molecule has 1 aromatic heterocycles. The third kappa shape index (κ3) is 2.76. The molecular formula is C9H14N2O3. The Hall–Kier alpha value is -1.52. The van der Waals surface area contributed by atoms with Crippen LogP contribution in [0.4, 0.5) is 10.7 Å². The molecule has 0 aromatic carbocycles. The van der Waals surface area contributed by atoms with Crippen LogP contribution in [0.15, 0.2) is 17.0 Å². The molecule has 0 aliphatic rings. The monoisotopic (exact) mass is 198 g/mol. The highest BCUT2D eigenvalue weighted by atomic mass is 16.6. The van der Waals surface area contributed by atoms with E-state index in [0.29, 0.717) is 5.88 Å². The van der Waals surface area contributed by atoms with E-state index in [9.17, 15) is 4.79 Å². The molecule has 0 fully saturated rings. The first-order valence-electron chi connectivity index (χ1n) is 4.25. The van der Waals surface area contributed by atoms with Crippen LogP contribution in [0.25, 0.3) is 0 Å². The Morgan fingerprint density at radius 1 is 1.57 bits per heavy atom. The minimum atomic E-state index is -0.509. The highest BCUT2D eigenvalue weighted by Gasteiger charge is 2.21. The SMILES string of the molecule is CN(C(=O)OC(C)(C)C)c1cnco1. The van der Waals surface area contributed by atoms with E-state index in [0.717, 1.165) is 0 Å². The Morgan fingerprint density at radius 3 is 2.64 bits per heavy atom. The molecule has 0 saturated heterocycles. The Labute approximate surface area is 82.7 Å². The minimum Gasteiger partial charge on any atom is -0.443 e. The molecule has 1 aromatic rings. The van der Waals surface area contributed by atoms with Crippen molar-refractivity contribution in [2.45, 2.75) is 26.4 Å². The number of rotatable bonds is 1. The predicted octanol–water partition coefficient (Wildman–Crippen LogP) is 2.05. The fourth-order valence-electron chi connectivity index (χ4n) is 0.795. The third-order valence-electron chi connectivity index (χ3n) is 1.42. The molecule has 0 aliphatic heterocycles. The molecule has 14 heavy (non-hydrogen) atoms. The van der Waals surface area contributed by atoms with Crippen LogP contribution in [-0.2, 0) is 4.74 Å². The maximum absolute atomic E-state index is 11.5. The van der Waals surface area contributed by atoms with Crippen LogP contribution in [0.2, 0.25) is 0 Å². The molecule has 1 amide bonds. The first kappa shape index (κ1) is 10.6. The molecule has 0 unspecified atom stereocenters. The number of ether oxygens (including phenoxy) is 1. The van der Waals surface area contributed by atoms with Gasteiger partial charge in [0.1, 0.15) is 5.60 Å². The van der Waals surface area contributed by atoms with E-state index in [2.05, 4.69) is 4.98 Å². The molecule has 0 radical (unpaired) electrons. The summed E-state index contributed by atoms with van der Waals surface area (Å²) in [6.45, 7) is 5.41. The molecule has 5 nitrogen and oxygen atoms in total. The van der Waals surface area contributed by atoms with Crippen LogP contribution in [0.1, 0.15) is 20.8 Å². The number of nitrogens with zero attached hydrogens (tertiary/aromatic N) is 2. The Balaban J connectivity index is 2.63. The number of amides is 1. The van der Waals surface area contributed by atoms with Gasteiger partial charge in [0, 0.05) is 7.05 Å². The highest BCUT2D eigenvalue weighted by molar-refractivity contribution is 5.85. The summed E-state index contributed by atoms with van der Waals surface area (Å²) in [5, 5.41) is 0. The van der Waals surface area contributed by atoms with E-state index in [4.69, 9.17) is 9.15 Å². The normalized spacial score (nSPS) is 11.1. The van der Waals surface area contributed by atoms with Gasteiger partial charge >= 0.3 is 6.09 Å². The molecule has 78 valence electrons. The highest BCUT2D eigenvalue weighted by Crippen LogP contribution is 2.15. The minimum absolute atomic E-state index is 0.360. The maximum atomic E-state index is 11.5. The molecule has 0 aliphatic carbocycles. The van der Waals surface area contributed by atoms with Gasteiger partial charge in [-0.15, -0.1) is 0 Å². The number of aromatic nitrogens is 1. The van der Waals surface area contributed by atoms with Crippen molar-refractivity contribution in [3.05, 3.63) is 12.6 Å². The summed E-state index contributed by atoms with van der Waals surface area (Å²) >= 11 is 0. The summed E-state index contributed by atoms with van der Waals surface area (Å²) in [6.07, 6.45) is 2.24.